The Morgan fingerprint density at radius 2 is 2.05 bits per heavy atom. The van der Waals surface area contributed by atoms with E-state index in [1.165, 1.54) is 12.8 Å². The van der Waals surface area contributed by atoms with Crippen molar-refractivity contribution in [2.75, 3.05) is 6.54 Å². The van der Waals surface area contributed by atoms with E-state index >= 15 is 0 Å². The number of halogens is 1. The highest BCUT2D eigenvalue weighted by atomic mass is 35.5. The van der Waals surface area contributed by atoms with Gasteiger partial charge in [0.15, 0.2) is 0 Å². The molecule has 2 amide bonds. The van der Waals surface area contributed by atoms with Crippen LogP contribution >= 0.6 is 11.6 Å². The van der Waals surface area contributed by atoms with Gasteiger partial charge < -0.3 is 15.7 Å². The topological polar surface area (TPSA) is 78.4 Å². The van der Waals surface area contributed by atoms with Crippen LogP contribution < -0.4 is 10.6 Å². The van der Waals surface area contributed by atoms with E-state index in [-0.39, 0.29) is 25.0 Å². The van der Waals surface area contributed by atoms with Gasteiger partial charge in [0.2, 0.25) is 0 Å². The molecule has 1 aliphatic rings. The van der Waals surface area contributed by atoms with Gasteiger partial charge in [0.05, 0.1) is 12.5 Å². The molecule has 0 heterocycles. The quantitative estimate of drug-likeness (QED) is 0.751. The predicted molar refractivity (Wildman–Crippen MR) is 84.9 cm³/mol. The highest BCUT2D eigenvalue weighted by Gasteiger charge is 2.27. The molecule has 1 saturated carbocycles. The highest BCUT2D eigenvalue weighted by Crippen LogP contribution is 2.36. The molecule has 1 unspecified atom stereocenters. The maximum atomic E-state index is 12.0. The minimum Gasteiger partial charge on any atom is -0.481 e. The number of nitrogens with one attached hydrogen (secondary N) is 2. The maximum absolute atomic E-state index is 12.0. The molecule has 1 aliphatic carbocycles. The van der Waals surface area contributed by atoms with E-state index in [1.807, 2.05) is 24.3 Å². The zero-order valence-electron chi connectivity index (χ0n) is 12.3. The molecule has 0 aromatic heterocycles. The lowest BCUT2D eigenvalue weighted by Gasteiger charge is -2.25. The molecule has 3 N–H and O–H groups in total. The fourth-order valence-electron chi connectivity index (χ4n) is 2.94. The van der Waals surface area contributed by atoms with Crippen molar-refractivity contribution in [3.63, 3.8) is 0 Å². The van der Waals surface area contributed by atoms with Crippen LogP contribution in [-0.2, 0) is 4.79 Å². The Bertz CT molecular complexity index is 530. The fraction of sp³-hybridized carbons (Fsp3) is 0.500. The smallest absolute Gasteiger partial charge is 0.315 e. The lowest BCUT2D eigenvalue weighted by molar-refractivity contribution is -0.136. The van der Waals surface area contributed by atoms with E-state index in [0.717, 1.165) is 18.4 Å². The van der Waals surface area contributed by atoms with Crippen molar-refractivity contribution >= 4 is 23.6 Å². The van der Waals surface area contributed by atoms with Crippen LogP contribution in [0.25, 0.3) is 0 Å². The summed E-state index contributed by atoms with van der Waals surface area (Å²) in [4.78, 5) is 22.5. The third kappa shape index (κ3) is 4.91. The minimum atomic E-state index is -0.928. The van der Waals surface area contributed by atoms with Gasteiger partial charge in [-0.1, -0.05) is 36.6 Å². The Kier molecular flexibility index (Phi) is 6.07. The number of carboxylic acid groups (broad SMARTS) is 1. The molecule has 1 fully saturated rings. The van der Waals surface area contributed by atoms with Crippen molar-refractivity contribution in [2.24, 2.45) is 5.92 Å². The molecule has 0 aliphatic heterocycles. The van der Waals surface area contributed by atoms with Gasteiger partial charge in [0.25, 0.3) is 0 Å². The number of urea groups is 1. The molecule has 0 spiro atoms. The lowest BCUT2D eigenvalue weighted by Crippen LogP contribution is -2.41. The number of carbonyl (C=O) groups is 2. The van der Waals surface area contributed by atoms with Gasteiger partial charge in [-0.2, -0.15) is 0 Å². The molecule has 22 heavy (non-hydrogen) atoms. The zero-order valence-corrected chi connectivity index (χ0v) is 13.1. The number of benzene rings is 1. The molecule has 1 atom stereocenters. The molecule has 1 aromatic rings. The first kappa shape index (κ1) is 16.6. The molecule has 6 heteroatoms. The van der Waals surface area contributed by atoms with Gasteiger partial charge in [0.1, 0.15) is 0 Å². The van der Waals surface area contributed by atoms with E-state index in [9.17, 15) is 9.59 Å². The van der Waals surface area contributed by atoms with Crippen LogP contribution in [0.5, 0.6) is 0 Å². The third-order valence-corrected chi connectivity index (χ3v) is 4.23. The molecule has 0 saturated heterocycles. The molecule has 120 valence electrons. The molecule has 0 radical (unpaired) electrons. The van der Waals surface area contributed by atoms with Gasteiger partial charge in [-0.15, -0.1) is 0 Å². The van der Waals surface area contributed by atoms with Gasteiger partial charge in [0, 0.05) is 11.6 Å². The Morgan fingerprint density at radius 3 is 2.68 bits per heavy atom. The number of hydrogen-bond donors (Lipinski definition) is 3. The second-order valence-corrected chi connectivity index (χ2v) is 6.06. The average Bonchev–Trinajstić information content (AvgIpc) is 2.98. The summed E-state index contributed by atoms with van der Waals surface area (Å²) in [7, 11) is 0. The number of aliphatic carboxylic acids is 1. The third-order valence-electron chi connectivity index (χ3n) is 3.99. The van der Waals surface area contributed by atoms with Crippen molar-refractivity contribution in [1.82, 2.24) is 10.6 Å². The molecular weight excluding hydrogens is 304 g/mol. The number of carbonyl (C=O) groups excluding carboxylic acids is 1. The van der Waals surface area contributed by atoms with Crippen LogP contribution in [0.15, 0.2) is 24.3 Å². The van der Waals surface area contributed by atoms with Gasteiger partial charge >= 0.3 is 12.0 Å². The molecular formula is C16H21ClN2O3. The normalized spacial score (nSPS) is 16.2. The summed E-state index contributed by atoms with van der Waals surface area (Å²) < 4.78 is 0. The van der Waals surface area contributed by atoms with Crippen LogP contribution in [0.3, 0.4) is 0 Å². The molecule has 0 bridgehead atoms. The van der Waals surface area contributed by atoms with Crippen LogP contribution in [0.2, 0.25) is 5.02 Å². The second kappa shape index (κ2) is 8.03. The Labute approximate surface area is 135 Å². The number of amides is 2. The maximum Gasteiger partial charge on any atom is 0.315 e. The first-order valence-corrected chi connectivity index (χ1v) is 7.95. The Balaban J connectivity index is 2.01. The summed E-state index contributed by atoms with van der Waals surface area (Å²) in [5.41, 5.74) is 0.993. The number of carboxylic acids is 1. The van der Waals surface area contributed by atoms with Crippen molar-refractivity contribution < 1.29 is 14.7 Å². The summed E-state index contributed by atoms with van der Waals surface area (Å²) >= 11 is 6.06. The van der Waals surface area contributed by atoms with Crippen molar-refractivity contribution in [3.05, 3.63) is 34.9 Å². The van der Waals surface area contributed by atoms with E-state index in [2.05, 4.69) is 10.6 Å². The molecule has 5 nitrogen and oxygen atoms in total. The summed E-state index contributed by atoms with van der Waals surface area (Å²) in [5, 5.41) is 14.8. The molecule has 1 aromatic carbocycles. The van der Waals surface area contributed by atoms with E-state index in [0.29, 0.717) is 10.9 Å². The van der Waals surface area contributed by atoms with Crippen molar-refractivity contribution in [2.45, 2.75) is 38.1 Å². The number of hydrogen-bond acceptors (Lipinski definition) is 2. The Hall–Kier alpha value is -1.75. The van der Waals surface area contributed by atoms with Gasteiger partial charge in [-0.3, -0.25) is 4.79 Å². The number of rotatable bonds is 6. The largest absolute Gasteiger partial charge is 0.481 e. The zero-order chi connectivity index (χ0) is 15.9. The van der Waals surface area contributed by atoms with Crippen molar-refractivity contribution in [1.29, 1.82) is 0 Å². The van der Waals surface area contributed by atoms with Crippen LogP contribution in [0, 0.1) is 5.92 Å². The average molecular weight is 325 g/mol. The van der Waals surface area contributed by atoms with E-state index in [1.54, 1.807) is 0 Å². The SMILES string of the molecule is O=C(O)CCNC(=O)NC(c1cccc(Cl)c1)C1CCCC1. The minimum absolute atomic E-state index is 0.0846. The summed E-state index contributed by atoms with van der Waals surface area (Å²) in [6, 6.07) is 7.10. The van der Waals surface area contributed by atoms with Crippen LogP contribution in [0.4, 0.5) is 4.79 Å². The van der Waals surface area contributed by atoms with Crippen LogP contribution in [0.1, 0.15) is 43.7 Å². The Morgan fingerprint density at radius 1 is 1.32 bits per heavy atom. The van der Waals surface area contributed by atoms with Gasteiger partial charge in [-0.25, -0.2) is 4.79 Å². The van der Waals surface area contributed by atoms with E-state index < -0.39 is 5.97 Å². The van der Waals surface area contributed by atoms with E-state index in [4.69, 9.17) is 16.7 Å². The summed E-state index contributed by atoms with van der Waals surface area (Å²) in [6.07, 6.45) is 4.41. The first-order valence-electron chi connectivity index (χ1n) is 7.58. The lowest BCUT2D eigenvalue weighted by atomic mass is 9.92. The highest BCUT2D eigenvalue weighted by molar-refractivity contribution is 6.30. The predicted octanol–water partition coefficient (Wildman–Crippen LogP) is 3.35. The second-order valence-electron chi connectivity index (χ2n) is 5.62. The summed E-state index contributed by atoms with van der Waals surface area (Å²) in [5.74, 6) is -0.536. The first-order chi connectivity index (χ1) is 10.6. The van der Waals surface area contributed by atoms with Crippen molar-refractivity contribution in [3.8, 4) is 0 Å². The van der Waals surface area contributed by atoms with Crippen LogP contribution in [-0.4, -0.2) is 23.7 Å². The molecule has 2 rings (SSSR count). The monoisotopic (exact) mass is 324 g/mol. The summed E-state index contributed by atoms with van der Waals surface area (Å²) in [6.45, 7) is 0.119. The fourth-order valence-corrected chi connectivity index (χ4v) is 3.14. The van der Waals surface area contributed by atoms with Gasteiger partial charge in [-0.05, 0) is 36.5 Å². The standard InChI is InChI=1S/C16H21ClN2O3/c17-13-7-3-6-12(10-13)15(11-4-1-2-5-11)19-16(22)18-9-8-14(20)21/h3,6-7,10-11,15H,1-2,4-5,8-9H2,(H,20,21)(H2,18,19,22).